The maximum absolute atomic E-state index is 13.8. The third-order valence-corrected chi connectivity index (χ3v) is 9.19. The monoisotopic (exact) mass is 702 g/mol. The Hall–Kier alpha value is -4.87. The van der Waals surface area contributed by atoms with Crippen LogP contribution < -0.4 is 15.0 Å². The number of rotatable bonds is 12. The standard InChI is InChI=1S/C40H45F3N4O4/c1-27-22-47(28(2)26-48)39(50)34-11-8-12-35(44-37(49)21-29-17-19-32(20-18-29)40(41,42)43)38(34)51-36(27)25-45(3)23-30-13-15-31(16-14-30)24-46(4)33-9-6-5-7-10-33/h5-20,27-28,36,48H,21-26H2,1-4H3,(H,44,49)/t27-,28+,36-/m1/s1. The molecule has 0 aromatic heterocycles. The fraction of sp³-hybridized carbons (Fsp3) is 0.350. The largest absolute Gasteiger partial charge is 0.486 e. The lowest BCUT2D eigenvalue weighted by atomic mass is 9.98. The molecule has 270 valence electrons. The Balaban J connectivity index is 1.32. The Labute approximate surface area is 297 Å². The lowest BCUT2D eigenvalue weighted by molar-refractivity contribution is -0.137. The van der Waals surface area contributed by atoms with E-state index in [0.29, 0.717) is 25.2 Å². The van der Waals surface area contributed by atoms with Crippen molar-refractivity contribution in [3.05, 3.63) is 125 Å². The van der Waals surface area contributed by atoms with Crippen LogP contribution in [0, 0.1) is 5.92 Å². The number of para-hydroxylation sites is 2. The van der Waals surface area contributed by atoms with Crippen LogP contribution in [0.25, 0.3) is 0 Å². The highest BCUT2D eigenvalue weighted by Gasteiger charge is 2.35. The number of amides is 2. The summed E-state index contributed by atoms with van der Waals surface area (Å²) < 4.78 is 45.7. The summed E-state index contributed by atoms with van der Waals surface area (Å²) in [4.78, 5) is 33.0. The number of aliphatic hydroxyl groups is 1. The fourth-order valence-electron chi connectivity index (χ4n) is 6.23. The van der Waals surface area contributed by atoms with Crippen LogP contribution in [-0.2, 0) is 30.5 Å². The van der Waals surface area contributed by atoms with Crippen LogP contribution >= 0.6 is 0 Å². The van der Waals surface area contributed by atoms with Crippen molar-refractivity contribution in [2.75, 3.05) is 44.0 Å². The highest BCUT2D eigenvalue weighted by Crippen LogP contribution is 2.35. The minimum absolute atomic E-state index is 0.148. The van der Waals surface area contributed by atoms with Crippen LogP contribution in [0.1, 0.15) is 46.5 Å². The number of ether oxygens (including phenoxy) is 1. The summed E-state index contributed by atoms with van der Waals surface area (Å²) in [5.41, 5.74) is 3.61. The predicted molar refractivity (Wildman–Crippen MR) is 193 cm³/mol. The van der Waals surface area contributed by atoms with Gasteiger partial charge in [-0.15, -0.1) is 0 Å². The second-order valence-corrected chi connectivity index (χ2v) is 13.4. The number of hydrogen-bond acceptors (Lipinski definition) is 6. The normalized spacial score (nSPS) is 16.9. The molecule has 0 unspecified atom stereocenters. The van der Waals surface area contributed by atoms with Gasteiger partial charge in [-0.2, -0.15) is 13.2 Å². The Morgan fingerprint density at radius 3 is 2.18 bits per heavy atom. The van der Waals surface area contributed by atoms with Gasteiger partial charge in [-0.25, -0.2) is 0 Å². The van der Waals surface area contributed by atoms with Crippen molar-refractivity contribution in [2.24, 2.45) is 5.92 Å². The van der Waals surface area contributed by atoms with Gasteiger partial charge in [-0.3, -0.25) is 14.5 Å². The molecule has 0 fully saturated rings. The summed E-state index contributed by atoms with van der Waals surface area (Å²) >= 11 is 0. The molecule has 51 heavy (non-hydrogen) atoms. The molecule has 0 radical (unpaired) electrons. The zero-order valence-electron chi connectivity index (χ0n) is 29.4. The Bertz CT molecular complexity index is 1770. The van der Waals surface area contributed by atoms with Crippen LogP contribution in [0.5, 0.6) is 5.75 Å². The van der Waals surface area contributed by atoms with Gasteiger partial charge in [-0.05, 0) is 67.1 Å². The number of nitrogens with one attached hydrogen (secondary N) is 1. The van der Waals surface area contributed by atoms with Crippen molar-refractivity contribution in [2.45, 2.75) is 51.7 Å². The maximum Gasteiger partial charge on any atom is 0.416 e. The molecule has 2 N–H and O–H groups in total. The number of anilines is 2. The zero-order valence-corrected chi connectivity index (χ0v) is 29.4. The number of likely N-dealkylation sites (N-methyl/N-ethyl adjacent to an activating group) is 1. The van der Waals surface area contributed by atoms with Crippen molar-refractivity contribution in [3.8, 4) is 5.75 Å². The van der Waals surface area contributed by atoms with Gasteiger partial charge in [0.15, 0.2) is 5.75 Å². The molecule has 0 saturated heterocycles. The minimum atomic E-state index is -4.47. The van der Waals surface area contributed by atoms with Gasteiger partial charge in [0.25, 0.3) is 5.91 Å². The SMILES string of the molecule is C[C@@H]1CN([C@@H](C)CO)C(=O)c2cccc(NC(=O)Cc3ccc(C(F)(F)F)cc3)c2O[C@@H]1CN(C)Cc1ccc(CN(C)c2ccccc2)cc1. The first-order valence-electron chi connectivity index (χ1n) is 17.0. The molecule has 4 aromatic rings. The fourth-order valence-corrected chi connectivity index (χ4v) is 6.23. The van der Waals surface area contributed by atoms with Gasteiger partial charge < -0.3 is 25.0 Å². The Morgan fingerprint density at radius 1 is 0.922 bits per heavy atom. The van der Waals surface area contributed by atoms with Crippen LogP contribution in [0.4, 0.5) is 24.5 Å². The molecule has 11 heteroatoms. The summed E-state index contributed by atoms with van der Waals surface area (Å²) in [5, 5.41) is 12.8. The number of carbonyl (C=O) groups is 2. The molecule has 0 saturated carbocycles. The summed E-state index contributed by atoms with van der Waals surface area (Å²) in [6, 6.07) is 27.6. The number of alkyl halides is 3. The zero-order chi connectivity index (χ0) is 36.7. The molecule has 1 aliphatic heterocycles. The molecular weight excluding hydrogens is 657 g/mol. The number of fused-ring (bicyclic) bond motifs is 1. The van der Waals surface area contributed by atoms with Gasteiger partial charge in [0.05, 0.1) is 35.9 Å². The Kier molecular flexibility index (Phi) is 12.0. The van der Waals surface area contributed by atoms with E-state index in [1.807, 2.05) is 32.2 Å². The molecule has 0 spiro atoms. The van der Waals surface area contributed by atoms with E-state index in [4.69, 9.17) is 4.74 Å². The first-order valence-corrected chi connectivity index (χ1v) is 17.0. The van der Waals surface area contributed by atoms with E-state index in [0.717, 1.165) is 29.9 Å². The number of nitrogens with zero attached hydrogens (tertiary/aromatic N) is 3. The van der Waals surface area contributed by atoms with Crippen molar-refractivity contribution >= 4 is 23.2 Å². The van der Waals surface area contributed by atoms with E-state index in [2.05, 4.69) is 58.6 Å². The average Bonchev–Trinajstić information content (AvgIpc) is 3.10. The van der Waals surface area contributed by atoms with Crippen molar-refractivity contribution in [3.63, 3.8) is 0 Å². The number of hydrogen-bond donors (Lipinski definition) is 2. The van der Waals surface area contributed by atoms with Crippen LogP contribution in [-0.4, -0.2) is 72.7 Å². The summed E-state index contributed by atoms with van der Waals surface area (Å²) in [5.74, 6) is -0.732. The first-order chi connectivity index (χ1) is 24.3. The van der Waals surface area contributed by atoms with Gasteiger partial charge in [0.2, 0.25) is 5.91 Å². The second-order valence-electron chi connectivity index (χ2n) is 13.4. The number of aliphatic hydroxyl groups excluding tert-OH is 1. The minimum Gasteiger partial charge on any atom is -0.486 e. The summed E-state index contributed by atoms with van der Waals surface area (Å²) in [6.45, 7) is 5.84. The molecule has 8 nitrogen and oxygen atoms in total. The van der Waals surface area contributed by atoms with E-state index in [1.54, 1.807) is 30.0 Å². The molecule has 3 atom stereocenters. The second kappa shape index (κ2) is 16.4. The lowest BCUT2D eigenvalue weighted by Crippen LogP contribution is -2.49. The quantitative estimate of drug-likeness (QED) is 0.168. The highest BCUT2D eigenvalue weighted by molar-refractivity contribution is 6.02. The molecule has 4 aromatic carbocycles. The molecule has 5 rings (SSSR count). The third kappa shape index (κ3) is 9.68. The van der Waals surface area contributed by atoms with E-state index in [-0.39, 0.29) is 41.9 Å². The smallest absolute Gasteiger partial charge is 0.416 e. The van der Waals surface area contributed by atoms with E-state index in [1.165, 1.54) is 17.7 Å². The van der Waals surface area contributed by atoms with Gasteiger partial charge in [0.1, 0.15) is 6.10 Å². The summed E-state index contributed by atoms with van der Waals surface area (Å²) in [6.07, 6.45) is -5.05. The molecule has 1 aliphatic rings. The average molecular weight is 703 g/mol. The van der Waals surface area contributed by atoms with Crippen molar-refractivity contribution in [1.29, 1.82) is 0 Å². The molecule has 2 amide bonds. The lowest BCUT2D eigenvalue weighted by Gasteiger charge is -2.38. The number of benzene rings is 4. The van der Waals surface area contributed by atoms with Crippen LogP contribution in [0.2, 0.25) is 0 Å². The van der Waals surface area contributed by atoms with Crippen molar-refractivity contribution in [1.82, 2.24) is 9.80 Å². The van der Waals surface area contributed by atoms with Crippen LogP contribution in [0.3, 0.4) is 0 Å². The summed E-state index contributed by atoms with van der Waals surface area (Å²) in [7, 11) is 4.07. The van der Waals surface area contributed by atoms with E-state index >= 15 is 0 Å². The van der Waals surface area contributed by atoms with Gasteiger partial charge in [0, 0.05) is 44.8 Å². The molecular formula is C40H45F3N4O4. The van der Waals surface area contributed by atoms with Crippen LogP contribution in [0.15, 0.2) is 97.1 Å². The Morgan fingerprint density at radius 2 is 1.55 bits per heavy atom. The topological polar surface area (TPSA) is 85.3 Å². The molecule has 0 aliphatic carbocycles. The predicted octanol–water partition coefficient (Wildman–Crippen LogP) is 6.88. The van der Waals surface area contributed by atoms with Crippen molar-refractivity contribution < 1.29 is 32.6 Å². The maximum atomic E-state index is 13.8. The van der Waals surface area contributed by atoms with Gasteiger partial charge in [-0.1, -0.05) is 67.6 Å². The molecule has 1 heterocycles. The number of halogens is 3. The number of carbonyl (C=O) groups excluding carboxylic acids is 2. The van der Waals surface area contributed by atoms with Gasteiger partial charge >= 0.3 is 6.18 Å². The van der Waals surface area contributed by atoms with E-state index < -0.39 is 29.8 Å². The third-order valence-electron chi connectivity index (χ3n) is 9.19. The first kappa shape index (κ1) is 37.4. The highest BCUT2D eigenvalue weighted by atomic mass is 19.4. The van der Waals surface area contributed by atoms with E-state index in [9.17, 15) is 27.9 Å². The molecule has 0 bridgehead atoms.